The summed E-state index contributed by atoms with van der Waals surface area (Å²) in [6.45, 7) is 0.613. The lowest BCUT2D eigenvalue weighted by atomic mass is 9.90. The van der Waals surface area contributed by atoms with Gasteiger partial charge in [-0.1, -0.05) is 48.0 Å². The maximum absolute atomic E-state index is 14.0. The SMILES string of the molecule is Nc1ccccc1-c1ccc(N2CCC[C@@H](CC(=O)Cc3ccc(Cl)cc3F)C2=O)cc1. The third-order valence-electron chi connectivity index (χ3n) is 5.88. The molecule has 0 aliphatic carbocycles. The van der Waals surface area contributed by atoms with E-state index in [1.165, 1.54) is 12.1 Å². The van der Waals surface area contributed by atoms with E-state index in [1.807, 2.05) is 48.5 Å². The van der Waals surface area contributed by atoms with Crippen LogP contribution in [0.5, 0.6) is 0 Å². The Labute approximate surface area is 191 Å². The van der Waals surface area contributed by atoms with Crippen molar-refractivity contribution < 1.29 is 14.0 Å². The van der Waals surface area contributed by atoms with Crippen LogP contribution in [0.25, 0.3) is 11.1 Å². The molecule has 3 aromatic rings. The minimum atomic E-state index is -0.499. The highest BCUT2D eigenvalue weighted by atomic mass is 35.5. The number of nitrogens with zero attached hydrogens (tertiary/aromatic N) is 1. The van der Waals surface area contributed by atoms with E-state index in [2.05, 4.69) is 0 Å². The van der Waals surface area contributed by atoms with E-state index in [-0.39, 0.29) is 29.6 Å². The van der Waals surface area contributed by atoms with Gasteiger partial charge in [-0.15, -0.1) is 0 Å². The molecule has 0 spiro atoms. The molecule has 0 bridgehead atoms. The number of amides is 1. The summed E-state index contributed by atoms with van der Waals surface area (Å²) in [6, 6.07) is 19.6. The number of piperidine rings is 1. The quantitative estimate of drug-likeness (QED) is 0.492. The maximum Gasteiger partial charge on any atom is 0.230 e. The minimum Gasteiger partial charge on any atom is -0.398 e. The van der Waals surface area contributed by atoms with Crippen molar-refractivity contribution in [3.8, 4) is 11.1 Å². The summed E-state index contributed by atoms with van der Waals surface area (Å²) in [7, 11) is 0. The molecule has 164 valence electrons. The van der Waals surface area contributed by atoms with E-state index >= 15 is 0 Å². The van der Waals surface area contributed by atoms with Crippen LogP contribution in [0.4, 0.5) is 15.8 Å². The number of para-hydroxylation sites is 1. The molecular formula is C26H24ClFN2O2. The number of rotatable bonds is 6. The zero-order chi connectivity index (χ0) is 22.7. The number of hydrogen-bond acceptors (Lipinski definition) is 3. The molecule has 4 rings (SSSR count). The Hall–Kier alpha value is -3.18. The number of anilines is 2. The Balaban J connectivity index is 1.43. The molecule has 0 radical (unpaired) electrons. The van der Waals surface area contributed by atoms with Crippen molar-refractivity contribution in [1.29, 1.82) is 0 Å². The van der Waals surface area contributed by atoms with Crippen molar-refractivity contribution in [2.24, 2.45) is 5.92 Å². The summed E-state index contributed by atoms with van der Waals surface area (Å²) in [6.07, 6.45) is 1.53. The number of Topliss-reactive ketones (excluding diaryl/α,β-unsaturated/α-hetero) is 1. The van der Waals surface area contributed by atoms with Crippen LogP contribution in [0.3, 0.4) is 0 Å². The molecule has 2 N–H and O–H groups in total. The van der Waals surface area contributed by atoms with Gasteiger partial charge in [-0.05, 0) is 54.3 Å². The number of benzene rings is 3. The van der Waals surface area contributed by atoms with Gasteiger partial charge in [-0.2, -0.15) is 0 Å². The van der Waals surface area contributed by atoms with Crippen molar-refractivity contribution in [2.75, 3.05) is 17.2 Å². The average Bonchev–Trinajstić information content (AvgIpc) is 2.78. The fraction of sp³-hybridized carbons (Fsp3) is 0.231. The summed E-state index contributed by atoms with van der Waals surface area (Å²) in [5.41, 5.74) is 9.79. The number of carbonyl (C=O) groups is 2. The number of carbonyl (C=O) groups excluding carboxylic acids is 2. The standard InChI is InChI=1S/C26H24ClFN2O2/c27-20-10-7-18(24(28)16-20)14-22(31)15-19-4-3-13-30(26(19)32)21-11-8-17(9-12-21)23-5-1-2-6-25(23)29/h1-2,5-12,16,19H,3-4,13-15,29H2/t19-/m0/s1. The van der Waals surface area contributed by atoms with Crippen LogP contribution in [0, 0.1) is 11.7 Å². The highest BCUT2D eigenvalue weighted by Crippen LogP contribution is 2.31. The highest BCUT2D eigenvalue weighted by Gasteiger charge is 2.31. The van der Waals surface area contributed by atoms with Crippen LogP contribution in [0.1, 0.15) is 24.8 Å². The first-order chi connectivity index (χ1) is 15.4. The van der Waals surface area contributed by atoms with Crippen molar-refractivity contribution in [2.45, 2.75) is 25.7 Å². The second-order valence-electron chi connectivity index (χ2n) is 8.12. The largest absolute Gasteiger partial charge is 0.398 e. The van der Waals surface area contributed by atoms with Gasteiger partial charge in [0.05, 0.1) is 0 Å². The average molecular weight is 451 g/mol. The second kappa shape index (κ2) is 9.53. The maximum atomic E-state index is 14.0. The number of hydrogen-bond donors (Lipinski definition) is 1. The van der Waals surface area contributed by atoms with Gasteiger partial charge in [0.2, 0.25) is 5.91 Å². The van der Waals surface area contributed by atoms with Crippen LogP contribution in [-0.2, 0) is 16.0 Å². The molecule has 1 saturated heterocycles. The summed E-state index contributed by atoms with van der Waals surface area (Å²) >= 11 is 5.77. The van der Waals surface area contributed by atoms with Crippen LogP contribution in [0.15, 0.2) is 66.7 Å². The van der Waals surface area contributed by atoms with Gasteiger partial charge in [0, 0.05) is 47.3 Å². The number of ketones is 1. The first kappa shape index (κ1) is 22.0. The molecule has 4 nitrogen and oxygen atoms in total. The van der Waals surface area contributed by atoms with Crippen LogP contribution < -0.4 is 10.6 Å². The highest BCUT2D eigenvalue weighted by molar-refractivity contribution is 6.30. The summed E-state index contributed by atoms with van der Waals surface area (Å²) in [4.78, 5) is 27.4. The fourth-order valence-corrected chi connectivity index (χ4v) is 4.36. The molecule has 1 aliphatic heterocycles. The number of nitrogen functional groups attached to an aromatic ring is 1. The molecule has 0 saturated carbocycles. The fourth-order valence-electron chi connectivity index (χ4n) is 4.20. The molecule has 1 atom stereocenters. The smallest absolute Gasteiger partial charge is 0.230 e. The lowest BCUT2D eigenvalue weighted by Crippen LogP contribution is -2.42. The molecule has 1 aliphatic rings. The summed E-state index contributed by atoms with van der Waals surface area (Å²) < 4.78 is 14.0. The normalized spacial score (nSPS) is 16.2. The summed E-state index contributed by atoms with van der Waals surface area (Å²) in [5, 5.41) is 0.290. The molecule has 32 heavy (non-hydrogen) atoms. The predicted octanol–water partition coefficient (Wildman–Crippen LogP) is 5.67. The molecule has 0 unspecified atom stereocenters. The third kappa shape index (κ3) is 4.83. The number of nitrogens with two attached hydrogens (primary N) is 1. The Morgan fingerprint density at radius 2 is 1.84 bits per heavy atom. The Bertz CT molecular complexity index is 1150. The Morgan fingerprint density at radius 3 is 2.56 bits per heavy atom. The molecular weight excluding hydrogens is 427 g/mol. The predicted molar refractivity (Wildman–Crippen MR) is 126 cm³/mol. The molecule has 1 heterocycles. The van der Waals surface area contributed by atoms with E-state index in [0.717, 1.165) is 23.2 Å². The van der Waals surface area contributed by atoms with Crippen molar-refractivity contribution >= 4 is 34.7 Å². The van der Waals surface area contributed by atoms with E-state index < -0.39 is 11.7 Å². The number of halogens is 2. The van der Waals surface area contributed by atoms with E-state index in [4.69, 9.17) is 17.3 Å². The van der Waals surface area contributed by atoms with Gasteiger partial charge < -0.3 is 10.6 Å². The van der Waals surface area contributed by atoms with Gasteiger partial charge in [0.15, 0.2) is 0 Å². The van der Waals surface area contributed by atoms with Crippen molar-refractivity contribution in [1.82, 2.24) is 0 Å². The Morgan fingerprint density at radius 1 is 1.09 bits per heavy atom. The van der Waals surface area contributed by atoms with E-state index in [1.54, 1.807) is 11.0 Å². The Kier molecular flexibility index (Phi) is 6.56. The lowest BCUT2D eigenvalue weighted by Gasteiger charge is -2.32. The lowest BCUT2D eigenvalue weighted by molar-refractivity contribution is -0.128. The molecule has 0 aromatic heterocycles. The molecule has 1 fully saturated rings. The molecule has 6 heteroatoms. The van der Waals surface area contributed by atoms with Crippen LogP contribution in [-0.4, -0.2) is 18.2 Å². The second-order valence-corrected chi connectivity index (χ2v) is 8.55. The van der Waals surface area contributed by atoms with Crippen LogP contribution in [0.2, 0.25) is 5.02 Å². The van der Waals surface area contributed by atoms with Gasteiger partial charge in [0.1, 0.15) is 11.6 Å². The molecule has 1 amide bonds. The molecule has 3 aromatic carbocycles. The van der Waals surface area contributed by atoms with Crippen LogP contribution >= 0.6 is 11.6 Å². The first-order valence-electron chi connectivity index (χ1n) is 10.6. The minimum absolute atomic E-state index is 0.0417. The topological polar surface area (TPSA) is 63.4 Å². The first-order valence-corrected chi connectivity index (χ1v) is 11.0. The van der Waals surface area contributed by atoms with Crippen molar-refractivity contribution in [3.05, 3.63) is 83.1 Å². The van der Waals surface area contributed by atoms with E-state index in [9.17, 15) is 14.0 Å². The zero-order valence-corrected chi connectivity index (χ0v) is 18.3. The third-order valence-corrected chi connectivity index (χ3v) is 6.11. The van der Waals surface area contributed by atoms with Gasteiger partial charge in [-0.3, -0.25) is 9.59 Å². The monoisotopic (exact) mass is 450 g/mol. The summed E-state index contributed by atoms with van der Waals surface area (Å²) in [5.74, 6) is -1.10. The van der Waals surface area contributed by atoms with E-state index in [0.29, 0.717) is 24.2 Å². The van der Waals surface area contributed by atoms with Gasteiger partial charge >= 0.3 is 0 Å². The van der Waals surface area contributed by atoms with Crippen molar-refractivity contribution in [3.63, 3.8) is 0 Å². The zero-order valence-electron chi connectivity index (χ0n) is 17.6. The van der Waals surface area contributed by atoms with Gasteiger partial charge in [-0.25, -0.2) is 4.39 Å². The van der Waals surface area contributed by atoms with Gasteiger partial charge in [0.25, 0.3) is 0 Å².